The number of morpholine rings is 1. The Morgan fingerprint density at radius 3 is 2.32 bits per heavy atom. The van der Waals surface area contributed by atoms with Crippen LogP contribution < -0.4 is 15.1 Å². The van der Waals surface area contributed by atoms with Crippen LogP contribution in [0.15, 0.2) is 53.9 Å². The summed E-state index contributed by atoms with van der Waals surface area (Å²) in [6, 6.07) is 13.3. The molecule has 2 aromatic carbocycles. The number of amides is 2. The third-order valence-electron chi connectivity index (χ3n) is 6.63. The Morgan fingerprint density at radius 1 is 0.947 bits per heavy atom. The first kappa shape index (κ1) is 26.0. The van der Waals surface area contributed by atoms with Crippen molar-refractivity contribution in [1.82, 2.24) is 4.90 Å². The first-order valence-corrected chi connectivity index (χ1v) is 13.5. The molecule has 2 amide bonds. The van der Waals surface area contributed by atoms with E-state index in [1.54, 1.807) is 18.2 Å². The lowest BCUT2D eigenvalue weighted by Crippen LogP contribution is -2.48. The molecule has 3 heterocycles. The van der Waals surface area contributed by atoms with Crippen molar-refractivity contribution in [3.8, 4) is 0 Å². The normalized spacial score (nSPS) is 15.9. The average Bonchev–Trinajstić information content (AvgIpc) is 3.48. The van der Waals surface area contributed by atoms with Crippen LogP contribution in [-0.4, -0.2) is 74.1 Å². The van der Waals surface area contributed by atoms with Crippen molar-refractivity contribution in [3.63, 3.8) is 0 Å². The van der Waals surface area contributed by atoms with Crippen LogP contribution in [0.25, 0.3) is 0 Å². The second-order valence-corrected chi connectivity index (χ2v) is 10.3. The Kier molecular flexibility index (Phi) is 7.77. The summed E-state index contributed by atoms with van der Waals surface area (Å²) in [5, 5.41) is 16.6. The van der Waals surface area contributed by atoms with Gasteiger partial charge < -0.3 is 24.8 Å². The molecule has 38 heavy (non-hydrogen) atoms. The number of carbonyl (C=O) groups is 2. The van der Waals surface area contributed by atoms with Crippen LogP contribution in [0.2, 0.25) is 5.02 Å². The minimum Gasteiger partial charge on any atom is -0.378 e. The zero-order chi connectivity index (χ0) is 26.6. The lowest BCUT2D eigenvalue weighted by molar-refractivity contribution is -0.384. The summed E-state index contributed by atoms with van der Waals surface area (Å²) >= 11 is 8.05. The molecule has 12 heteroatoms. The first-order chi connectivity index (χ1) is 18.4. The van der Waals surface area contributed by atoms with E-state index in [1.807, 2.05) is 33.4 Å². The maximum atomic E-state index is 13.3. The molecule has 2 saturated heterocycles. The van der Waals surface area contributed by atoms with Gasteiger partial charge in [-0.15, -0.1) is 11.3 Å². The van der Waals surface area contributed by atoms with E-state index in [0.29, 0.717) is 68.9 Å². The van der Waals surface area contributed by atoms with E-state index < -0.39 is 10.8 Å². The quantitative estimate of drug-likeness (QED) is 0.355. The molecule has 0 atom stereocenters. The third kappa shape index (κ3) is 5.59. The van der Waals surface area contributed by atoms with Crippen LogP contribution in [0.1, 0.15) is 20.0 Å². The number of hydrogen-bond acceptors (Lipinski definition) is 8. The Labute approximate surface area is 228 Å². The molecule has 3 aromatic rings. The molecule has 0 saturated carbocycles. The number of piperazine rings is 1. The van der Waals surface area contributed by atoms with E-state index in [9.17, 15) is 19.7 Å². The van der Waals surface area contributed by atoms with Gasteiger partial charge in [0.1, 0.15) is 0 Å². The smallest absolute Gasteiger partial charge is 0.270 e. The summed E-state index contributed by atoms with van der Waals surface area (Å²) in [4.78, 5) is 43.4. The SMILES string of the molecule is O=C(Nc1ccc(N2CCN(C(=O)c3cccs3)CC2)c(Cl)c1)c1cc([N+](=O)[O-])ccc1N1CCOCC1. The number of ether oxygens (including phenoxy) is 1. The van der Waals surface area contributed by atoms with Crippen LogP contribution in [0.3, 0.4) is 0 Å². The minimum atomic E-state index is -0.515. The zero-order valence-corrected chi connectivity index (χ0v) is 22.0. The van der Waals surface area contributed by atoms with Gasteiger partial charge >= 0.3 is 0 Å². The molecule has 1 N–H and O–H groups in total. The number of nitrogens with one attached hydrogen (secondary N) is 1. The van der Waals surface area contributed by atoms with Crippen LogP contribution in [0.5, 0.6) is 0 Å². The van der Waals surface area contributed by atoms with Gasteiger partial charge in [0.05, 0.1) is 45.0 Å². The highest BCUT2D eigenvalue weighted by molar-refractivity contribution is 7.12. The van der Waals surface area contributed by atoms with Crippen molar-refractivity contribution in [2.75, 3.05) is 67.6 Å². The van der Waals surface area contributed by atoms with E-state index in [-0.39, 0.29) is 17.2 Å². The van der Waals surface area contributed by atoms with Crippen molar-refractivity contribution in [3.05, 3.63) is 79.5 Å². The van der Waals surface area contributed by atoms with Crippen molar-refractivity contribution in [2.45, 2.75) is 0 Å². The monoisotopic (exact) mass is 555 g/mol. The van der Waals surface area contributed by atoms with Gasteiger partial charge in [0.2, 0.25) is 0 Å². The van der Waals surface area contributed by atoms with Gasteiger partial charge in [-0.25, -0.2) is 0 Å². The van der Waals surface area contributed by atoms with Crippen molar-refractivity contribution in [2.24, 2.45) is 0 Å². The number of thiophene rings is 1. The Morgan fingerprint density at radius 2 is 1.66 bits per heavy atom. The van der Waals surface area contributed by atoms with Crippen LogP contribution >= 0.6 is 22.9 Å². The number of rotatable bonds is 6. The fourth-order valence-corrected chi connectivity index (χ4v) is 5.64. The number of non-ortho nitro benzene ring substituents is 1. The van der Waals surface area contributed by atoms with Gasteiger partial charge in [-0.05, 0) is 35.7 Å². The number of hydrogen-bond donors (Lipinski definition) is 1. The molecular weight excluding hydrogens is 530 g/mol. The van der Waals surface area contributed by atoms with Crippen LogP contribution in [0, 0.1) is 10.1 Å². The number of halogens is 1. The van der Waals surface area contributed by atoms with Gasteiger partial charge in [0, 0.05) is 57.1 Å². The Hall–Kier alpha value is -3.67. The second kappa shape index (κ2) is 11.4. The van der Waals surface area contributed by atoms with E-state index in [1.165, 1.54) is 23.5 Å². The van der Waals surface area contributed by atoms with Gasteiger partial charge in [0.25, 0.3) is 17.5 Å². The molecule has 0 spiro atoms. The first-order valence-electron chi connectivity index (χ1n) is 12.2. The summed E-state index contributed by atoms with van der Waals surface area (Å²) in [6.45, 7) is 4.66. The zero-order valence-electron chi connectivity index (χ0n) is 20.5. The molecular formula is C26H26ClN5O5S. The lowest BCUT2D eigenvalue weighted by Gasteiger charge is -2.36. The maximum absolute atomic E-state index is 13.3. The molecule has 0 radical (unpaired) electrons. The number of carbonyl (C=O) groups excluding carboxylic acids is 2. The summed E-state index contributed by atoms with van der Waals surface area (Å²) in [5.41, 5.74) is 1.98. The fourth-order valence-electron chi connectivity index (χ4n) is 4.65. The van der Waals surface area contributed by atoms with Crippen molar-refractivity contribution < 1.29 is 19.2 Å². The Bertz CT molecular complexity index is 1340. The highest BCUT2D eigenvalue weighted by Gasteiger charge is 2.25. The van der Waals surface area contributed by atoms with Gasteiger partial charge in [-0.3, -0.25) is 19.7 Å². The van der Waals surface area contributed by atoms with Gasteiger partial charge in [0.15, 0.2) is 0 Å². The average molecular weight is 556 g/mol. The third-order valence-corrected chi connectivity index (χ3v) is 7.79. The summed E-state index contributed by atoms with van der Waals surface area (Å²) in [6.07, 6.45) is 0. The molecule has 2 aliphatic rings. The van der Waals surface area contributed by atoms with Crippen molar-refractivity contribution >= 4 is 57.5 Å². The standard InChI is InChI=1S/C26H26ClN5O5S/c27-21-16-18(3-5-23(21)29-7-9-31(10-8-29)26(34)24-2-1-15-38-24)28-25(33)20-17-19(32(35)36)4-6-22(20)30-11-13-37-14-12-30/h1-6,15-17H,7-14H2,(H,28,33). The van der Waals surface area contributed by atoms with Gasteiger partial charge in [-0.1, -0.05) is 17.7 Å². The van der Waals surface area contributed by atoms with E-state index >= 15 is 0 Å². The fraction of sp³-hybridized carbons (Fsp3) is 0.308. The van der Waals surface area contributed by atoms with Crippen molar-refractivity contribution in [1.29, 1.82) is 0 Å². The van der Waals surface area contributed by atoms with E-state index in [4.69, 9.17) is 16.3 Å². The molecule has 2 fully saturated rings. The van der Waals surface area contributed by atoms with Crippen LogP contribution in [0.4, 0.5) is 22.7 Å². The molecule has 198 valence electrons. The summed E-state index contributed by atoms with van der Waals surface area (Å²) in [5.74, 6) is -0.416. The number of benzene rings is 2. The second-order valence-electron chi connectivity index (χ2n) is 8.93. The number of nitrogens with zero attached hydrogens (tertiary/aromatic N) is 4. The highest BCUT2D eigenvalue weighted by Crippen LogP contribution is 2.32. The predicted molar refractivity (Wildman–Crippen MR) is 148 cm³/mol. The largest absolute Gasteiger partial charge is 0.378 e. The number of anilines is 3. The molecule has 5 rings (SSSR count). The lowest BCUT2D eigenvalue weighted by atomic mass is 10.1. The predicted octanol–water partition coefficient (Wildman–Crippen LogP) is 4.36. The molecule has 0 aliphatic carbocycles. The number of nitro benzene ring substituents is 1. The topological polar surface area (TPSA) is 108 Å². The molecule has 2 aliphatic heterocycles. The molecule has 10 nitrogen and oxygen atoms in total. The number of nitro groups is 1. The highest BCUT2D eigenvalue weighted by atomic mass is 35.5. The van der Waals surface area contributed by atoms with Crippen LogP contribution in [-0.2, 0) is 4.74 Å². The van der Waals surface area contributed by atoms with E-state index in [2.05, 4.69) is 10.2 Å². The summed E-state index contributed by atoms with van der Waals surface area (Å²) in [7, 11) is 0. The Balaban J connectivity index is 1.28. The molecule has 0 unspecified atom stereocenters. The molecule has 1 aromatic heterocycles. The minimum absolute atomic E-state index is 0.0430. The maximum Gasteiger partial charge on any atom is 0.270 e. The van der Waals surface area contributed by atoms with Gasteiger partial charge in [-0.2, -0.15) is 0 Å². The summed E-state index contributed by atoms with van der Waals surface area (Å²) < 4.78 is 5.40. The van der Waals surface area contributed by atoms with E-state index in [0.717, 1.165) is 10.6 Å². The molecule has 0 bridgehead atoms.